The van der Waals surface area contributed by atoms with Crippen LogP contribution in [0.15, 0.2) is 71.3 Å². The molecule has 1 saturated heterocycles. The molecule has 0 spiro atoms. The van der Waals surface area contributed by atoms with Gasteiger partial charge in [-0.05, 0) is 55.3 Å². The molecule has 2 aromatic carbocycles. The van der Waals surface area contributed by atoms with Crippen molar-refractivity contribution >= 4 is 5.91 Å². The highest BCUT2D eigenvalue weighted by atomic mass is 16.4. The molecule has 2 fully saturated rings. The summed E-state index contributed by atoms with van der Waals surface area (Å²) in [5, 5.41) is 3.31. The van der Waals surface area contributed by atoms with Gasteiger partial charge in [-0.1, -0.05) is 81.1 Å². The number of amides is 1. The van der Waals surface area contributed by atoms with Gasteiger partial charge in [-0.2, -0.15) is 0 Å². The summed E-state index contributed by atoms with van der Waals surface area (Å²) in [7, 11) is 0. The molecule has 1 aliphatic carbocycles. The van der Waals surface area contributed by atoms with Crippen LogP contribution in [0.25, 0.3) is 0 Å². The van der Waals surface area contributed by atoms with Crippen molar-refractivity contribution in [1.82, 2.24) is 15.2 Å². The van der Waals surface area contributed by atoms with E-state index in [-0.39, 0.29) is 17.9 Å². The Kier molecular flexibility index (Phi) is 8.17. The van der Waals surface area contributed by atoms with E-state index < -0.39 is 0 Å². The number of oxazole rings is 1. The van der Waals surface area contributed by atoms with Gasteiger partial charge in [0.05, 0.1) is 18.7 Å². The molecule has 1 aromatic heterocycles. The Bertz CT molecular complexity index is 1090. The smallest absolute Gasteiger partial charge is 0.251 e. The lowest BCUT2D eigenvalue weighted by molar-refractivity contribution is 0.0826. The predicted octanol–water partition coefficient (Wildman–Crippen LogP) is 6.42. The van der Waals surface area contributed by atoms with Gasteiger partial charge in [0.15, 0.2) is 0 Å². The Morgan fingerprint density at radius 2 is 1.75 bits per heavy atom. The van der Waals surface area contributed by atoms with Gasteiger partial charge in [-0.3, -0.25) is 9.69 Å². The second-order valence-corrected chi connectivity index (χ2v) is 10.6. The van der Waals surface area contributed by atoms with Crippen LogP contribution in [0, 0.1) is 11.8 Å². The Labute approximate surface area is 215 Å². The molecule has 1 saturated carbocycles. The van der Waals surface area contributed by atoms with E-state index in [0.29, 0.717) is 11.8 Å². The van der Waals surface area contributed by atoms with E-state index in [1.54, 1.807) is 0 Å². The van der Waals surface area contributed by atoms with Gasteiger partial charge in [-0.25, -0.2) is 4.98 Å². The molecule has 0 bridgehead atoms. The molecule has 36 heavy (non-hydrogen) atoms. The molecule has 1 amide bonds. The summed E-state index contributed by atoms with van der Waals surface area (Å²) in [4.78, 5) is 20.1. The topological polar surface area (TPSA) is 58.4 Å². The zero-order chi connectivity index (χ0) is 24.7. The quantitative estimate of drug-likeness (QED) is 0.400. The van der Waals surface area contributed by atoms with Crippen LogP contribution in [0.2, 0.25) is 0 Å². The highest BCUT2D eigenvalue weighted by Gasteiger charge is 2.32. The Morgan fingerprint density at radius 3 is 2.47 bits per heavy atom. The van der Waals surface area contributed by atoms with Crippen LogP contribution in [-0.4, -0.2) is 34.9 Å². The summed E-state index contributed by atoms with van der Waals surface area (Å²) >= 11 is 0. The monoisotopic (exact) mass is 485 g/mol. The van der Waals surface area contributed by atoms with E-state index in [1.807, 2.05) is 36.5 Å². The van der Waals surface area contributed by atoms with E-state index in [0.717, 1.165) is 49.7 Å². The first kappa shape index (κ1) is 24.8. The summed E-state index contributed by atoms with van der Waals surface area (Å²) in [5.41, 5.74) is 2.03. The number of hydrogen-bond donors (Lipinski definition) is 1. The molecule has 3 aromatic rings. The maximum atomic E-state index is 12.8. The lowest BCUT2D eigenvalue weighted by Crippen LogP contribution is -2.52. The Morgan fingerprint density at radius 1 is 1.03 bits per heavy atom. The molecule has 2 heterocycles. The number of nitrogens with one attached hydrogen (secondary N) is 1. The maximum absolute atomic E-state index is 12.8. The van der Waals surface area contributed by atoms with Crippen molar-refractivity contribution in [3.05, 3.63) is 89.6 Å². The molecule has 2 aliphatic rings. The molecular weight excluding hydrogens is 446 g/mol. The summed E-state index contributed by atoms with van der Waals surface area (Å²) in [6.07, 6.45) is 10.5. The first-order valence-corrected chi connectivity index (χ1v) is 13.8. The second-order valence-electron chi connectivity index (χ2n) is 10.6. The fourth-order valence-electron chi connectivity index (χ4n) is 6.21. The van der Waals surface area contributed by atoms with Gasteiger partial charge in [-0.15, -0.1) is 0 Å². The number of carbonyl (C=O) groups excluding carboxylic acids is 1. The number of carbonyl (C=O) groups is 1. The SMILES string of the molecule is CCC1CCN(Cc2cnc(C(c3ccccc3)C3CCCCC3)o2)CC1NC(=O)c1ccccc1. The molecule has 3 atom stereocenters. The zero-order valence-electron chi connectivity index (χ0n) is 21.4. The van der Waals surface area contributed by atoms with E-state index >= 15 is 0 Å². The largest absolute Gasteiger partial charge is 0.444 e. The minimum Gasteiger partial charge on any atom is -0.444 e. The second kappa shape index (κ2) is 11.9. The molecule has 1 aliphatic heterocycles. The number of hydrogen-bond acceptors (Lipinski definition) is 4. The molecule has 1 N–H and O–H groups in total. The fraction of sp³-hybridized carbons (Fsp3) is 0.484. The number of nitrogens with zero attached hydrogens (tertiary/aromatic N) is 2. The van der Waals surface area contributed by atoms with Crippen LogP contribution in [0.4, 0.5) is 0 Å². The summed E-state index contributed by atoms with van der Waals surface area (Å²) in [6, 6.07) is 20.4. The third kappa shape index (κ3) is 5.89. The van der Waals surface area contributed by atoms with Gasteiger partial charge < -0.3 is 9.73 Å². The van der Waals surface area contributed by atoms with Crippen LogP contribution in [0.5, 0.6) is 0 Å². The summed E-state index contributed by atoms with van der Waals surface area (Å²) in [6.45, 7) is 4.79. The van der Waals surface area contributed by atoms with Crippen molar-refractivity contribution in [3.63, 3.8) is 0 Å². The lowest BCUT2D eigenvalue weighted by atomic mass is 9.77. The van der Waals surface area contributed by atoms with E-state index in [1.165, 1.54) is 37.7 Å². The molecule has 0 radical (unpaired) electrons. The highest BCUT2D eigenvalue weighted by Crippen LogP contribution is 2.40. The third-order valence-corrected chi connectivity index (χ3v) is 8.21. The van der Waals surface area contributed by atoms with Gasteiger partial charge in [0.1, 0.15) is 5.76 Å². The normalized spacial score (nSPS) is 22.2. The first-order chi connectivity index (χ1) is 17.7. The van der Waals surface area contributed by atoms with E-state index in [4.69, 9.17) is 9.40 Å². The highest BCUT2D eigenvalue weighted by molar-refractivity contribution is 5.94. The van der Waals surface area contributed by atoms with Gasteiger partial charge in [0.25, 0.3) is 5.91 Å². The average Bonchev–Trinajstić information content (AvgIpc) is 3.38. The Balaban J connectivity index is 1.27. The van der Waals surface area contributed by atoms with Crippen LogP contribution >= 0.6 is 0 Å². The molecule has 3 unspecified atom stereocenters. The molecule has 5 rings (SSSR count). The van der Waals surface area contributed by atoms with Crippen molar-refractivity contribution in [1.29, 1.82) is 0 Å². The van der Waals surface area contributed by atoms with E-state index in [9.17, 15) is 4.79 Å². The van der Waals surface area contributed by atoms with Crippen molar-refractivity contribution in [2.45, 2.75) is 70.4 Å². The first-order valence-electron chi connectivity index (χ1n) is 13.8. The average molecular weight is 486 g/mol. The van der Waals surface area contributed by atoms with Crippen LogP contribution < -0.4 is 5.32 Å². The molecule has 190 valence electrons. The number of benzene rings is 2. The van der Waals surface area contributed by atoms with E-state index in [2.05, 4.69) is 47.5 Å². The van der Waals surface area contributed by atoms with Crippen LogP contribution in [0.3, 0.4) is 0 Å². The summed E-state index contributed by atoms with van der Waals surface area (Å²) < 4.78 is 6.45. The van der Waals surface area contributed by atoms with Crippen LogP contribution in [0.1, 0.15) is 85.4 Å². The number of likely N-dealkylation sites (tertiary alicyclic amines) is 1. The number of aromatic nitrogens is 1. The van der Waals surface area contributed by atoms with Crippen molar-refractivity contribution in [2.24, 2.45) is 11.8 Å². The van der Waals surface area contributed by atoms with Crippen molar-refractivity contribution < 1.29 is 9.21 Å². The number of rotatable bonds is 8. The standard InChI is InChI=1S/C31H39N3O2/c1-2-23-18-19-34(22-28(23)33-30(35)26-16-10-5-11-17-26)21-27-20-32-31(36-27)29(24-12-6-3-7-13-24)25-14-8-4-9-15-25/h3,5-7,10-13,16-17,20,23,25,28-29H,2,4,8-9,14-15,18-19,21-22H2,1H3,(H,33,35). The molecular formula is C31H39N3O2. The molecule has 5 heteroatoms. The van der Waals surface area contributed by atoms with Gasteiger partial charge in [0, 0.05) is 18.2 Å². The van der Waals surface area contributed by atoms with Gasteiger partial charge >= 0.3 is 0 Å². The van der Waals surface area contributed by atoms with Gasteiger partial charge in [0.2, 0.25) is 5.89 Å². The molecule has 5 nitrogen and oxygen atoms in total. The zero-order valence-corrected chi connectivity index (χ0v) is 21.4. The third-order valence-electron chi connectivity index (χ3n) is 8.21. The van der Waals surface area contributed by atoms with Crippen molar-refractivity contribution in [2.75, 3.05) is 13.1 Å². The van der Waals surface area contributed by atoms with Crippen molar-refractivity contribution in [3.8, 4) is 0 Å². The van der Waals surface area contributed by atoms with Crippen LogP contribution in [-0.2, 0) is 6.54 Å². The Hall–Kier alpha value is -2.92. The maximum Gasteiger partial charge on any atom is 0.251 e. The predicted molar refractivity (Wildman–Crippen MR) is 143 cm³/mol. The fourth-order valence-corrected chi connectivity index (χ4v) is 6.21. The summed E-state index contributed by atoms with van der Waals surface area (Å²) in [5.74, 6) is 3.11. The lowest BCUT2D eigenvalue weighted by Gasteiger charge is -2.38. The number of piperidine rings is 1. The minimum absolute atomic E-state index is 0.0148. The minimum atomic E-state index is 0.0148.